The molecule has 0 aliphatic heterocycles. The van der Waals surface area contributed by atoms with Gasteiger partial charge in [0, 0.05) is 12.7 Å². The van der Waals surface area contributed by atoms with Crippen molar-refractivity contribution in [2.75, 3.05) is 13.7 Å². The van der Waals surface area contributed by atoms with Gasteiger partial charge in [-0.1, -0.05) is 36.4 Å². The average molecular weight is 362 g/mol. The number of benzene rings is 2. The fraction of sp³-hybridized carbons (Fsp3) is 0.278. The van der Waals surface area contributed by atoms with Gasteiger partial charge in [0.15, 0.2) is 0 Å². The second kappa shape index (κ2) is 7.65. The van der Waals surface area contributed by atoms with E-state index in [0.717, 1.165) is 28.8 Å². The molecule has 136 valence electrons. The molecule has 0 N–H and O–H groups in total. The minimum absolute atomic E-state index is 0.473. The van der Waals surface area contributed by atoms with Crippen molar-refractivity contribution in [3.05, 3.63) is 65.2 Å². The first-order chi connectivity index (χ1) is 12.5. The van der Waals surface area contributed by atoms with Gasteiger partial charge in [0.1, 0.15) is 0 Å². The lowest BCUT2D eigenvalue weighted by molar-refractivity contribution is -0.137. The Kier molecular flexibility index (Phi) is 5.32. The number of nitrogens with zero attached hydrogens (tertiary/aromatic N) is 4. The van der Waals surface area contributed by atoms with E-state index in [1.165, 1.54) is 16.9 Å². The predicted octanol–water partition coefficient (Wildman–Crippen LogP) is 3.60. The molecule has 0 saturated carbocycles. The molecule has 0 bridgehead atoms. The molecule has 0 saturated heterocycles. The van der Waals surface area contributed by atoms with Crippen LogP contribution >= 0.6 is 0 Å². The Hall–Kier alpha value is -2.74. The van der Waals surface area contributed by atoms with Crippen LogP contribution in [-0.4, -0.2) is 33.9 Å². The van der Waals surface area contributed by atoms with Gasteiger partial charge in [-0.25, -0.2) is 0 Å². The van der Waals surface area contributed by atoms with E-state index in [4.69, 9.17) is 4.74 Å². The molecule has 3 rings (SSSR count). The number of halogens is 3. The molecule has 1 aromatic heterocycles. The Balaban J connectivity index is 1.82. The average Bonchev–Trinajstić information content (AvgIpc) is 3.09. The molecule has 0 fully saturated rings. The van der Waals surface area contributed by atoms with Gasteiger partial charge in [-0.15, -0.1) is 10.2 Å². The number of hydrogen-bond donors (Lipinski definition) is 0. The van der Waals surface area contributed by atoms with Crippen molar-refractivity contribution in [2.45, 2.75) is 19.1 Å². The SMILES string of the molecule is COCCn1nnc(-c2ccccc2Cc2ccc(C(F)(F)F)cc2)n1. The molecular weight excluding hydrogens is 345 g/mol. The van der Waals surface area contributed by atoms with E-state index in [2.05, 4.69) is 15.4 Å². The smallest absolute Gasteiger partial charge is 0.383 e. The minimum atomic E-state index is -4.33. The maximum atomic E-state index is 12.7. The minimum Gasteiger partial charge on any atom is -0.383 e. The van der Waals surface area contributed by atoms with Gasteiger partial charge in [-0.3, -0.25) is 0 Å². The fourth-order valence-corrected chi connectivity index (χ4v) is 2.54. The number of hydrogen-bond acceptors (Lipinski definition) is 4. The molecule has 1 heterocycles. The third-order valence-electron chi connectivity index (χ3n) is 3.88. The van der Waals surface area contributed by atoms with Crippen molar-refractivity contribution in [2.24, 2.45) is 0 Å². The molecule has 26 heavy (non-hydrogen) atoms. The quantitative estimate of drug-likeness (QED) is 0.672. The summed E-state index contributed by atoms with van der Waals surface area (Å²) in [6.07, 6.45) is -3.86. The van der Waals surface area contributed by atoms with Crippen LogP contribution in [0.15, 0.2) is 48.5 Å². The number of aromatic nitrogens is 4. The zero-order valence-electron chi connectivity index (χ0n) is 14.1. The molecule has 0 amide bonds. The summed E-state index contributed by atoms with van der Waals surface area (Å²) in [5.41, 5.74) is 1.84. The molecule has 0 spiro atoms. The molecule has 0 aliphatic carbocycles. The zero-order valence-corrected chi connectivity index (χ0v) is 14.1. The number of tetrazole rings is 1. The van der Waals surface area contributed by atoms with E-state index < -0.39 is 11.7 Å². The summed E-state index contributed by atoms with van der Waals surface area (Å²) in [5, 5.41) is 12.4. The lowest BCUT2D eigenvalue weighted by Gasteiger charge is -2.09. The Morgan fingerprint density at radius 3 is 2.46 bits per heavy atom. The highest BCUT2D eigenvalue weighted by Crippen LogP contribution is 2.30. The highest BCUT2D eigenvalue weighted by molar-refractivity contribution is 5.60. The largest absolute Gasteiger partial charge is 0.416 e. The Morgan fingerprint density at radius 1 is 1.04 bits per heavy atom. The number of ether oxygens (including phenoxy) is 1. The third-order valence-corrected chi connectivity index (χ3v) is 3.88. The molecule has 0 radical (unpaired) electrons. The summed E-state index contributed by atoms with van der Waals surface area (Å²) in [7, 11) is 1.59. The topological polar surface area (TPSA) is 52.8 Å². The summed E-state index contributed by atoms with van der Waals surface area (Å²) in [6, 6.07) is 12.7. The van der Waals surface area contributed by atoms with Crippen LogP contribution in [0.5, 0.6) is 0 Å². The lowest BCUT2D eigenvalue weighted by Crippen LogP contribution is -2.07. The van der Waals surface area contributed by atoms with Crippen LogP contribution in [0.2, 0.25) is 0 Å². The molecule has 2 aromatic carbocycles. The monoisotopic (exact) mass is 362 g/mol. The summed E-state index contributed by atoms with van der Waals surface area (Å²) in [5.74, 6) is 0.476. The van der Waals surface area contributed by atoms with Gasteiger partial charge in [0.25, 0.3) is 0 Å². The molecule has 5 nitrogen and oxygen atoms in total. The van der Waals surface area contributed by atoms with Gasteiger partial charge in [0.2, 0.25) is 5.82 Å². The summed E-state index contributed by atoms with van der Waals surface area (Å²) >= 11 is 0. The van der Waals surface area contributed by atoms with Gasteiger partial charge >= 0.3 is 6.18 Å². The highest BCUT2D eigenvalue weighted by atomic mass is 19.4. The van der Waals surface area contributed by atoms with Crippen LogP contribution in [-0.2, 0) is 23.9 Å². The first-order valence-corrected chi connectivity index (χ1v) is 7.98. The van der Waals surface area contributed by atoms with Crippen LogP contribution in [0.3, 0.4) is 0 Å². The van der Waals surface area contributed by atoms with E-state index in [1.54, 1.807) is 7.11 Å². The molecule has 8 heteroatoms. The first kappa shape index (κ1) is 18.1. The van der Waals surface area contributed by atoms with Crippen molar-refractivity contribution in [1.82, 2.24) is 20.2 Å². The van der Waals surface area contributed by atoms with Crippen molar-refractivity contribution >= 4 is 0 Å². The molecule has 3 aromatic rings. The molecule has 0 atom stereocenters. The maximum absolute atomic E-state index is 12.7. The molecule has 0 unspecified atom stereocenters. The van der Waals surface area contributed by atoms with E-state index >= 15 is 0 Å². The van der Waals surface area contributed by atoms with Gasteiger partial charge in [0.05, 0.1) is 18.7 Å². The molecule has 0 aliphatic rings. The lowest BCUT2D eigenvalue weighted by atomic mass is 9.98. The van der Waals surface area contributed by atoms with Crippen LogP contribution in [0, 0.1) is 0 Å². The van der Waals surface area contributed by atoms with Crippen LogP contribution in [0.1, 0.15) is 16.7 Å². The van der Waals surface area contributed by atoms with Crippen LogP contribution in [0.25, 0.3) is 11.4 Å². The zero-order chi connectivity index (χ0) is 18.6. The standard InChI is InChI=1S/C18H17F3N4O/c1-26-11-10-25-23-17(22-24-25)16-5-3-2-4-14(16)12-13-6-8-15(9-7-13)18(19,20)21/h2-9H,10-12H2,1H3. The Morgan fingerprint density at radius 2 is 1.77 bits per heavy atom. The number of methoxy groups -OCH3 is 1. The normalized spacial score (nSPS) is 11.7. The first-order valence-electron chi connectivity index (χ1n) is 7.98. The van der Waals surface area contributed by atoms with E-state index in [-0.39, 0.29) is 0 Å². The van der Waals surface area contributed by atoms with E-state index in [9.17, 15) is 13.2 Å². The van der Waals surface area contributed by atoms with Crippen molar-refractivity contribution in [3.8, 4) is 11.4 Å². The summed E-state index contributed by atoms with van der Waals surface area (Å²) in [6.45, 7) is 0.966. The maximum Gasteiger partial charge on any atom is 0.416 e. The van der Waals surface area contributed by atoms with Gasteiger partial charge in [-0.05, 0) is 34.9 Å². The number of alkyl halides is 3. The third kappa shape index (κ3) is 4.26. The van der Waals surface area contributed by atoms with E-state index in [1.807, 2.05) is 24.3 Å². The number of rotatable bonds is 6. The second-order valence-electron chi connectivity index (χ2n) is 5.73. The van der Waals surface area contributed by atoms with Crippen molar-refractivity contribution < 1.29 is 17.9 Å². The van der Waals surface area contributed by atoms with Gasteiger partial charge < -0.3 is 4.74 Å². The van der Waals surface area contributed by atoms with Crippen LogP contribution in [0.4, 0.5) is 13.2 Å². The van der Waals surface area contributed by atoms with Gasteiger partial charge in [-0.2, -0.15) is 18.0 Å². The summed E-state index contributed by atoms with van der Waals surface area (Å²) < 4.78 is 43.1. The second-order valence-corrected chi connectivity index (χ2v) is 5.73. The van der Waals surface area contributed by atoms with Crippen molar-refractivity contribution in [3.63, 3.8) is 0 Å². The summed E-state index contributed by atoms with van der Waals surface area (Å²) in [4.78, 5) is 1.45. The van der Waals surface area contributed by atoms with Crippen molar-refractivity contribution in [1.29, 1.82) is 0 Å². The Bertz CT molecular complexity index is 859. The molecular formula is C18H17F3N4O. The van der Waals surface area contributed by atoms with E-state index in [0.29, 0.717) is 25.4 Å². The predicted molar refractivity (Wildman–Crippen MR) is 89.4 cm³/mol. The van der Waals surface area contributed by atoms with Crippen LogP contribution < -0.4 is 0 Å². The Labute approximate surface area is 148 Å². The fourth-order valence-electron chi connectivity index (χ4n) is 2.54. The highest BCUT2D eigenvalue weighted by Gasteiger charge is 2.29.